The Balaban J connectivity index is 2.41. The molecule has 0 amide bonds. The molecule has 0 aliphatic carbocycles. The van der Waals surface area contributed by atoms with E-state index in [2.05, 4.69) is 0 Å². The maximum Gasteiger partial charge on any atom is 0.112 e. The van der Waals surface area contributed by atoms with Crippen LogP contribution >= 0.6 is 0 Å². The van der Waals surface area contributed by atoms with Crippen LogP contribution < -0.4 is 0 Å². The van der Waals surface area contributed by atoms with Crippen LogP contribution in [0.5, 0.6) is 0 Å². The molecule has 2 atom stereocenters. The summed E-state index contributed by atoms with van der Waals surface area (Å²) in [5.41, 5.74) is 0. The first-order chi connectivity index (χ1) is 4.25. The second kappa shape index (κ2) is 2.62. The minimum absolute atomic E-state index is 0.144. The summed E-state index contributed by atoms with van der Waals surface area (Å²) in [4.78, 5) is 1.77. The minimum Gasteiger partial charge on any atom is -0.378 e. The van der Waals surface area contributed by atoms with Crippen molar-refractivity contribution in [2.45, 2.75) is 12.6 Å². The van der Waals surface area contributed by atoms with Gasteiger partial charge in [-0.25, -0.2) is 0 Å². The van der Waals surface area contributed by atoms with Crippen LogP contribution in [0.15, 0.2) is 0 Å². The van der Waals surface area contributed by atoms with Gasteiger partial charge in [-0.05, 0) is 13.5 Å². The van der Waals surface area contributed by atoms with Crippen molar-refractivity contribution in [3.05, 3.63) is 0 Å². The Bertz CT molecular complexity index is 99.1. The molecular formula is C6H12FNO. The van der Waals surface area contributed by atoms with E-state index < -0.39 is 12.9 Å². The quantitative estimate of drug-likeness (QED) is 0.553. The fourth-order valence-corrected chi connectivity index (χ4v) is 1.17. The van der Waals surface area contributed by atoms with E-state index in [1.165, 1.54) is 0 Å². The first-order valence-corrected chi connectivity index (χ1v) is 3.20. The van der Waals surface area contributed by atoms with Crippen LogP contribution in [0.4, 0.5) is 4.39 Å². The zero-order chi connectivity index (χ0) is 6.85. The van der Waals surface area contributed by atoms with Crippen LogP contribution in [0, 0.1) is 5.92 Å². The molecule has 1 N–H and O–H groups in total. The Hall–Kier alpha value is -0.150. The molecule has 0 radical (unpaired) electrons. The summed E-state index contributed by atoms with van der Waals surface area (Å²) in [5, 5.41) is 9.14. The van der Waals surface area contributed by atoms with Crippen molar-refractivity contribution in [1.82, 2.24) is 4.90 Å². The van der Waals surface area contributed by atoms with Crippen molar-refractivity contribution in [1.29, 1.82) is 0 Å². The van der Waals surface area contributed by atoms with E-state index >= 15 is 0 Å². The van der Waals surface area contributed by atoms with Crippen LogP contribution in [0.2, 0.25) is 0 Å². The number of rotatable bonds is 1. The molecule has 0 saturated carbocycles. The maximum atomic E-state index is 11.9. The van der Waals surface area contributed by atoms with E-state index in [0.717, 1.165) is 13.0 Å². The number of aliphatic hydroxyl groups excluding tert-OH is 1. The monoisotopic (exact) mass is 133 g/mol. The van der Waals surface area contributed by atoms with Crippen LogP contribution in [-0.2, 0) is 0 Å². The molecule has 0 aromatic rings. The molecule has 2 unspecified atom stereocenters. The first-order valence-electron chi connectivity index (χ1n) is 3.20. The molecule has 1 saturated heterocycles. The number of hydrogen-bond donors (Lipinski definition) is 1. The van der Waals surface area contributed by atoms with Gasteiger partial charge < -0.3 is 5.11 Å². The van der Waals surface area contributed by atoms with E-state index in [0.29, 0.717) is 0 Å². The average Bonchev–Trinajstić information content (AvgIpc) is 2.15. The maximum absolute atomic E-state index is 11.9. The molecule has 1 rings (SSSR count). The lowest BCUT2D eigenvalue weighted by Crippen LogP contribution is -2.29. The largest absolute Gasteiger partial charge is 0.378 e. The van der Waals surface area contributed by atoms with Crippen LogP contribution in [0.3, 0.4) is 0 Å². The number of aliphatic hydroxyl groups is 1. The van der Waals surface area contributed by atoms with E-state index in [1.54, 1.807) is 11.9 Å². The molecule has 3 heteroatoms. The van der Waals surface area contributed by atoms with Gasteiger partial charge in [0.15, 0.2) is 0 Å². The third-order valence-electron chi connectivity index (χ3n) is 1.92. The Morgan fingerprint density at radius 3 is 2.67 bits per heavy atom. The number of nitrogens with zero attached hydrogens (tertiary/aromatic N) is 1. The lowest BCUT2D eigenvalue weighted by Gasteiger charge is -2.15. The Kier molecular flexibility index (Phi) is 2.03. The third-order valence-corrected chi connectivity index (χ3v) is 1.92. The molecule has 1 aliphatic rings. The molecule has 1 heterocycles. The molecule has 1 fully saturated rings. The molecule has 0 spiro atoms. The molecule has 9 heavy (non-hydrogen) atoms. The number of hydrogen-bond acceptors (Lipinski definition) is 2. The van der Waals surface area contributed by atoms with Crippen LogP contribution in [0.1, 0.15) is 6.42 Å². The van der Waals surface area contributed by atoms with Gasteiger partial charge in [-0.15, -0.1) is 0 Å². The molecule has 1 aliphatic heterocycles. The van der Waals surface area contributed by atoms with Gasteiger partial charge in [-0.1, -0.05) is 0 Å². The van der Waals surface area contributed by atoms with Crippen molar-refractivity contribution in [3.8, 4) is 0 Å². The SMILES string of the molecule is CN1CCC(CF)C1O. The lowest BCUT2D eigenvalue weighted by molar-refractivity contribution is 0.0167. The summed E-state index contributed by atoms with van der Waals surface area (Å²) >= 11 is 0. The normalized spacial score (nSPS) is 37.7. The van der Waals surface area contributed by atoms with Gasteiger partial charge in [0, 0.05) is 12.5 Å². The predicted octanol–water partition coefficient (Wildman–Crippen LogP) is 0.226. The highest BCUT2D eigenvalue weighted by atomic mass is 19.1. The summed E-state index contributed by atoms with van der Waals surface area (Å²) < 4.78 is 11.9. The van der Waals surface area contributed by atoms with E-state index in [9.17, 15) is 4.39 Å². The summed E-state index contributed by atoms with van der Waals surface area (Å²) in [6.07, 6.45) is 0.240. The highest BCUT2D eigenvalue weighted by Crippen LogP contribution is 2.20. The second-order valence-corrected chi connectivity index (χ2v) is 2.60. The van der Waals surface area contributed by atoms with E-state index in [4.69, 9.17) is 5.11 Å². The Morgan fingerprint density at radius 1 is 1.78 bits per heavy atom. The number of likely N-dealkylation sites (tertiary alicyclic amines) is 1. The summed E-state index contributed by atoms with van der Waals surface area (Å²) in [7, 11) is 1.81. The zero-order valence-electron chi connectivity index (χ0n) is 5.55. The number of alkyl halides is 1. The summed E-state index contributed by atoms with van der Waals surface area (Å²) in [6.45, 7) is 0.418. The minimum atomic E-state index is -0.546. The molecule has 2 nitrogen and oxygen atoms in total. The standard InChI is InChI=1S/C6H12FNO/c1-8-3-2-5(4-7)6(8)9/h5-6,9H,2-4H2,1H3. The average molecular weight is 133 g/mol. The van der Waals surface area contributed by atoms with E-state index in [-0.39, 0.29) is 5.92 Å². The molecule has 0 aromatic carbocycles. The van der Waals surface area contributed by atoms with Gasteiger partial charge >= 0.3 is 0 Å². The number of halogens is 1. The van der Waals surface area contributed by atoms with Gasteiger partial charge in [0.05, 0.1) is 6.67 Å². The highest BCUT2D eigenvalue weighted by Gasteiger charge is 2.29. The van der Waals surface area contributed by atoms with Crippen molar-refractivity contribution in [2.24, 2.45) is 5.92 Å². The van der Waals surface area contributed by atoms with Gasteiger partial charge in [-0.2, -0.15) is 0 Å². The fraction of sp³-hybridized carbons (Fsp3) is 1.00. The highest BCUT2D eigenvalue weighted by molar-refractivity contribution is 4.76. The second-order valence-electron chi connectivity index (χ2n) is 2.60. The smallest absolute Gasteiger partial charge is 0.112 e. The fourth-order valence-electron chi connectivity index (χ4n) is 1.17. The Morgan fingerprint density at radius 2 is 2.44 bits per heavy atom. The van der Waals surface area contributed by atoms with Crippen LogP contribution in [0.25, 0.3) is 0 Å². The molecular weight excluding hydrogens is 121 g/mol. The van der Waals surface area contributed by atoms with Crippen molar-refractivity contribution >= 4 is 0 Å². The van der Waals surface area contributed by atoms with Gasteiger partial charge in [0.2, 0.25) is 0 Å². The molecule has 54 valence electrons. The van der Waals surface area contributed by atoms with Gasteiger partial charge in [0.25, 0.3) is 0 Å². The topological polar surface area (TPSA) is 23.5 Å². The lowest BCUT2D eigenvalue weighted by atomic mass is 10.1. The predicted molar refractivity (Wildman–Crippen MR) is 32.7 cm³/mol. The van der Waals surface area contributed by atoms with Crippen LogP contribution in [-0.4, -0.2) is 36.5 Å². The molecule has 0 bridgehead atoms. The van der Waals surface area contributed by atoms with Crippen molar-refractivity contribution in [2.75, 3.05) is 20.3 Å². The van der Waals surface area contributed by atoms with Gasteiger partial charge in [0.1, 0.15) is 6.23 Å². The summed E-state index contributed by atoms with van der Waals surface area (Å²) in [5.74, 6) is -0.144. The third kappa shape index (κ3) is 1.22. The van der Waals surface area contributed by atoms with Gasteiger partial charge in [-0.3, -0.25) is 9.29 Å². The van der Waals surface area contributed by atoms with Crippen molar-refractivity contribution in [3.63, 3.8) is 0 Å². The zero-order valence-corrected chi connectivity index (χ0v) is 5.55. The molecule has 0 aromatic heterocycles. The van der Waals surface area contributed by atoms with E-state index in [1.807, 2.05) is 0 Å². The summed E-state index contributed by atoms with van der Waals surface area (Å²) in [6, 6.07) is 0. The first kappa shape index (κ1) is 6.96. The van der Waals surface area contributed by atoms with Crippen molar-refractivity contribution < 1.29 is 9.50 Å². The Labute approximate surface area is 54.3 Å².